The maximum Gasteiger partial charge on any atom is 0.150 e. The molecule has 0 radical (unpaired) electrons. The number of nitrogens with zero attached hydrogens (tertiary/aromatic N) is 1. The van der Waals surface area contributed by atoms with Gasteiger partial charge in [-0.25, -0.2) is 0 Å². The van der Waals surface area contributed by atoms with Gasteiger partial charge in [0.15, 0.2) is 0 Å². The molecule has 3 aromatic heterocycles. The minimum Gasteiger partial charge on any atom is -0.361 e. The van der Waals surface area contributed by atoms with Gasteiger partial charge in [-0.15, -0.1) is 11.3 Å². The van der Waals surface area contributed by atoms with E-state index in [1.807, 2.05) is 42.7 Å². The molecule has 0 fully saturated rings. The van der Waals surface area contributed by atoms with Crippen LogP contribution in [0.15, 0.2) is 73.1 Å². The number of H-pyrrole nitrogens is 1. The first-order chi connectivity index (χ1) is 13.3. The molecule has 5 aromatic rings. The van der Waals surface area contributed by atoms with Crippen LogP contribution in [0.5, 0.6) is 0 Å². The first kappa shape index (κ1) is 15.8. The molecule has 2 aromatic carbocycles. The van der Waals surface area contributed by atoms with Crippen molar-refractivity contribution in [3.8, 4) is 10.4 Å². The highest BCUT2D eigenvalue weighted by atomic mass is 32.1. The smallest absolute Gasteiger partial charge is 0.150 e. The fraction of sp³-hybridized carbons (Fsp3) is 0. The lowest BCUT2D eigenvalue weighted by Crippen LogP contribution is -1.90. The van der Waals surface area contributed by atoms with Crippen LogP contribution < -0.4 is 5.32 Å². The first-order valence-electron chi connectivity index (χ1n) is 8.58. The highest BCUT2D eigenvalue weighted by molar-refractivity contribution is 7.22. The first-order valence-corrected chi connectivity index (χ1v) is 9.40. The zero-order valence-corrected chi connectivity index (χ0v) is 15.1. The van der Waals surface area contributed by atoms with Crippen LogP contribution in [0.4, 0.5) is 11.4 Å². The molecule has 0 unspecified atom stereocenters. The zero-order valence-electron chi connectivity index (χ0n) is 14.3. The van der Waals surface area contributed by atoms with Gasteiger partial charge in [-0.05, 0) is 42.0 Å². The lowest BCUT2D eigenvalue weighted by Gasteiger charge is -2.07. The van der Waals surface area contributed by atoms with Crippen molar-refractivity contribution in [3.05, 3.63) is 78.6 Å². The Labute approximate surface area is 159 Å². The molecule has 0 aliphatic carbocycles. The number of hydrogen-bond donors (Lipinski definition) is 2. The van der Waals surface area contributed by atoms with Gasteiger partial charge >= 0.3 is 0 Å². The van der Waals surface area contributed by atoms with E-state index in [0.717, 1.165) is 43.8 Å². The fourth-order valence-electron chi connectivity index (χ4n) is 3.19. The molecule has 5 rings (SSSR count). The van der Waals surface area contributed by atoms with Gasteiger partial charge in [0.25, 0.3) is 0 Å². The van der Waals surface area contributed by atoms with Gasteiger partial charge in [-0.3, -0.25) is 9.78 Å². The number of carbonyl (C=O) groups excluding carboxylic acids is 1. The topological polar surface area (TPSA) is 57.8 Å². The molecule has 0 atom stereocenters. The summed E-state index contributed by atoms with van der Waals surface area (Å²) in [7, 11) is 0. The molecular weight excluding hydrogens is 354 g/mol. The van der Waals surface area contributed by atoms with E-state index in [4.69, 9.17) is 0 Å². The van der Waals surface area contributed by atoms with Crippen LogP contribution in [0.2, 0.25) is 0 Å². The number of nitrogens with one attached hydrogen (secondary N) is 2. The minimum atomic E-state index is 0.681. The van der Waals surface area contributed by atoms with Crippen molar-refractivity contribution in [2.24, 2.45) is 0 Å². The summed E-state index contributed by atoms with van der Waals surface area (Å²) in [5.41, 5.74) is 5.93. The van der Waals surface area contributed by atoms with Gasteiger partial charge in [-0.2, -0.15) is 0 Å². The summed E-state index contributed by atoms with van der Waals surface area (Å²) in [5, 5.41) is 4.70. The molecule has 0 aliphatic heterocycles. The average molecular weight is 369 g/mol. The summed E-state index contributed by atoms with van der Waals surface area (Å²) in [5.74, 6) is 0. The Kier molecular flexibility index (Phi) is 3.73. The molecule has 4 nitrogen and oxygen atoms in total. The van der Waals surface area contributed by atoms with Crippen LogP contribution in [0.25, 0.3) is 31.6 Å². The maximum atomic E-state index is 10.9. The number of rotatable bonds is 4. The Morgan fingerprint density at radius 3 is 2.74 bits per heavy atom. The molecular formula is C22H15N3OS. The van der Waals surface area contributed by atoms with E-state index < -0.39 is 0 Å². The standard InChI is InChI=1S/C22H15N3OS/c26-13-14-1-3-15(4-2-14)21-12-20-22(27-21)19(8-10-24-20)25-17-5-6-18-16(11-17)7-9-23-18/h1-13,23H,(H,24,25). The van der Waals surface area contributed by atoms with E-state index in [-0.39, 0.29) is 0 Å². The molecule has 2 N–H and O–H groups in total. The number of pyridine rings is 1. The number of thiophene rings is 1. The predicted molar refractivity (Wildman–Crippen MR) is 112 cm³/mol. The number of fused-ring (bicyclic) bond motifs is 2. The molecule has 5 heteroatoms. The minimum absolute atomic E-state index is 0.681. The molecule has 3 heterocycles. The van der Waals surface area contributed by atoms with E-state index in [1.165, 1.54) is 5.39 Å². The van der Waals surface area contributed by atoms with E-state index in [1.54, 1.807) is 11.3 Å². The van der Waals surface area contributed by atoms with E-state index in [0.29, 0.717) is 5.56 Å². The van der Waals surface area contributed by atoms with E-state index in [2.05, 4.69) is 45.6 Å². The maximum absolute atomic E-state index is 10.9. The zero-order chi connectivity index (χ0) is 18.2. The molecule has 27 heavy (non-hydrogen) atoms. The van der Waals surface area contributed by atoms with Gasteiger partial charge in [-0.1, -0.05) is 24.3 Å². The Balaban J connectivity index is 1.54. The second-order valence-corrected chi connectivity index (χ2v) is 7.38. The van der Waals surface area contributed by atoms with Crippen molar-refractivity contribution in [3.63, 3.8) is 0 Å². The van der Waals surface area contributed by atoms with Crippen LogP contribution in [0, 0.1) is 0 Å². The van der Waals surface area contributed by atoms with Crippen molar-refractivity contribution in [1.29, 1.82) is 0 Å². The number of hydrogen-bond acceptors (Lipinski definition) is 4. The van der Waals surface area contributed by atoms with Gasteiger partial charge in [0, 0.05) is 39.4 Å². The Hall–Kier alpha value is -3.44. The molecule has 0 amide bonds. The van der Waals surface area contributed by atoms with Crippen molar-refractivity contribution in [2.75, 3.05) is 5.32 Å². The largest absolute Gasteiger partial charge is 0.361 e. The van der Waals surface area contributed by atoms with Crippen LogP contribution in [-0.4, -0.2) is 16.3 Å². The van der Waals surface area contributed by atoms with Gasteiger partial charge in [0.1, 0.15) is 6.29 Å². The summed E-state index contributed by atoms with van der Waals surface area (Å²) in [6.07, 6.45) is 4.63. The number of aromatic amines is 1. The third kappa shape index (κ3) is 2.88. The van der Waals surface area contributed by atoms with Crippen LogP contribution in [-0.2, 0) is 0 Å². The SMILES string of the molecule is O=Cc1ccc(-c2cc3nccc(Nc4ccc5[nH]ccc5c4)c3s2)cc1. The van der Waals surface area contributed by atoms with Crippen LogP contribution in [0.1, 0.15) is 10.4 Å². The average Bonchev–Trinajstić information content (AvgIpc) is 3.35. The lowest BCUT2D eigenvalue weighted by atomic mass is 10.1. The molecule has 0 saturated carbocycles. The number of carbonyl (C=O) groups is 1. The van der Waals surface area contributed by atoms with Gasteiger partial charge < -0.3 is 10.3 Å². The monoisotopic (exact) mass is 369 g/mol. The molecule has 130 valence electrons. The Bertz CT molecular complexity index is 1270. The summed E-state index contributed by atoms with van der Waals surface area (Å²) in [6, 6.07) is 20.1. The van der Waals surface area contributed by atoms with Gasteiger partial charge in [0.2, 0.25) is 0 Å². The van der Waals surface area contributed by atoms with Crippen molar-refractivity contribution < 1.29 is 4.79 Å². The number of aromatic nitrogens is 2. The Morgan fingerprint density at radius 1 is 1.00 bits per heavy atom. The molecule has 0 saturated heterocycles. The Morgan fingerprint density at radius 2 is 1.89 bits per heavy atom. The summed E-state index contributed by atoms with van der Waals surface area (Å²) < 4.78 is 1.11. The second-order valence-electron chi connectivity index (χ2n) is 6.33. The van der Waals surface area contributed by atoms with E-state index in [9.17, 15) is 4.79 Å². The van der Waals surface area contributed by atoms with Crippen LogP contribution in [0.3, 0.4) is 0 Å². The highest BCUT2D eigenvalue weighted by Gasteiger charge is 2.10. The van der Waals surface area contributed by atoms with E-state index >= 15 is 0 Å². The molecule has 0 spiro atoms. The fourth-order valence-corrected chi connectivity index (χ4v) is 4.28. The summed E-state index contributed by atoms with van der Waals surface area (Å²) in [6.45, 7) is 0. The summed E-state index contributed by atoms with van der Waals surface area (Å²) >= 11 is 1.70. The summed E-state index contributed by atoms with van der Waals surface area (Å²) in [4.78, 5) is 19.7. The second kappa shape index (κ2) is 6.37. The van der Waals surface area contributed by atoms with Crippen molar-refractivity contribution in [1.82, 2.24) is 9.97 Å². The lowest BCUT2D eigenvalue weighted by molar-refractivity contribution is 0.112. The number of benzene rings is 2. The molecule has 0 aliphatic rings. The van der Waals surface area contributed by atoms with Crippen LogP contribution >= 0.6 is 11.3 Å². The highest BCUT2D eigenvalue weighted by Crippen LogP contribution is 2.37. The number of anilines is 2. The number of aldehydes is 1. The predicted octanol–water partition coefficient (Wildman–Crippen LogP) is 6.00. The third-order valence-corrected chi connectivity index (χ3v) is 5.78. The molecule has 0 bridgehead atoms. The van der Waals surface area contributed by atoms with Crippen molar-refractivity contribution >= 4 is 50.1 Å². The third-order valence-electron chi connectivity index (χ3n) is 4.58. The normalized spacial score (nSPS) is 11.1. The van der Waals surface area contributed by atoms with Gasteiger partial charge in [0.05, 0.1) is 15.9 Å². The quantitative estimate of drug-likeness (QED) is 0.382. The van der Waals surface area contributed by atoms with Crippen molar-refractivity contribution in [2.45, 2.75) is 0 Å².